The Bertz CT molecular complexity index is 1550. The van der Waals surface area contributed by atoms with Gasteiger partial charge in [-0.1, -0.05) is 89.6 Å². The van der Waals surface area contributed by atoms with Crippen LogP contribution in [0.15, 0.2) is 72.6 Å². The molecular formula is C40H50N2O5S2. The first-order valence-electron chi connectivity index (χ1n) is 18.0. The first kappa shape index (κ1) is 35.8. The monoisotopic (exact) mass is 702 g/mol. The van der Waals surface area contributed by atoms with E-state index in [4.69, 9.17) is 9.84 Å². The fourth-order valence-corrected chi connectivity index (χ4v) is 11.3. The number of carboxylic acid groups (broad SMARTS) is 1. The third kappa shape index (κ3) is 8.14. The van der Waals surface area contributed by atoms with Gasteiger partial charge in [-0.05, 0) is 89.9 Å². The van der Waals surface area contributed by atoms with E-state index in [1.54, 1.807) is 26.5 Å². The summed E-state index contributed by atoms with van der Waals surface area (Å²) in [6.07, 6.45) is 17.1. The predicted molar refractivity (Wildman–Crippen MR) is 197 cm³/mol. The van der Waals surface area contributed by atoms with Gasteiger partial charge in [-0.2, -0.15) is 0 Å². The Morgan fingerprint density at radius 3 is 2.45 bits per heavy atom. The highest BCUT2D eigenvalue weighted by Crippen LogP contribution is 2.66. The lowest BCUT2D eigenvalue weighted by Crippen LogP contribution is -2.50. The van der Waals surface area contributed by atoms with Crippen LogP contribution in [0.3, 0.4) is 0 Å². The van der Waals surface area contributed by atoms with Crippen molar-refractivity contribution in [3.05, 3.63) is 83.7 Å². The van der Waals surface area contributed by atoms with Crippen molar-refractivity contribution in [2.75, 3.05) is 18.1 Å². The highest BCUT2D eigenvalue weighted by atomic mass is 33.1. The van der Waals surface area contributed by atoms with Crippen molar-refractivity contribution in [2.45, 2.75) is 90.7 Å². The number of ether oxygens (including phenoxy) is 1. The van der Waals surface area contributed by atoms with Gasteiger partial charge in [0, 0.05) is 49.8 Å². The predicted octanol–water partition coefficient (Wildman–Crippen LogP) is 8.61. The van der Waals surface area contributed by atoms with Crippen LogP contribution in [0.5, 0.6) is 0 Å². The topological polar surface area (TPSA) is 96.8 Å². The number of carbonyl (C=O) groups excluding carboxylic acids is 2. The zero-order chi connectivity index (χ0) is 34.4. The molecule has 262 valence electrons. The van der Waals surface area contributed by atoms with Crippen LogP contribution < -0.4 is 0 Å². The Kier molecular flexibility index (Phi) is 11.6. The molecule has 7 nitrogen and oxygen atoms in total. The van der Waals surface area contributed by atoms with E-state index in [0.717, 1.165) is 37.7 Å². The van der Waals surface area contributed by atoms with Crippen molar-refractivity contribution in [1.82, 2.24) is 9.88 Å². The van der Waals surface area contributed by atoms with E-state index in [-0.39, 0.29) is 41.8 Å². The SMILES string of the molecule is C[C@]12CC[C@H](OC(=O)CCSSCCC(=O)N(CCC(=O)O)Cc3ccccc3)CC1=CC[C@H]1C3CC=C(c4cccnc4)[C@@]3(C)CC[C@@H]12. The summed E-state index contributed by atoms with van der Waals surface area (Å²) < 4.78 is 6.02. The number of amides is 1. The van der Waals surface area contributed by atoms with E-state index >= 15 is 0 Å². The van der Waals surface area contributed by atoms with E-state index in [0.29, 0.717) is 48.6 Å². The second-order valence-electron chi connectivity index (χ2n) is 14.8. The molecule has 1 aromatic heterocycles. The van der Waals surface area contributed by atoms with Crippen LogP contribution in [0.4, 0.5) is 0 Å². The minimum Gasteiger partial charge on any atom is -0.481 e. The van der Waals surface area contributed by atoms with Crippen LogP contribution in [0.1, 0.15) is 89.2 Å². The molecule has 2 saturated carbocycles. The number of pyridine rings is 1. The number of carboxylic acids is 1. The Morgan fingerprint density at radius 1 is 0.918 bits per heavy atom. The third-order valence-corrected chi connectivity index (χ3v) is 14.4. The second kappa shape index (κ2) is 15.9. The normalized spacial score (nSPS) is 28.7. The van der Waals surface area contributed by atoms with Crippen LogP contribution in [0.2, 0.25) is 0 Å². The summed E-state index contributed by atoms with van der Waals surface area (Å²) in [5.74, 6) is 2.19. The Morgan fingerprint density at radius 2 is 1.69 bits per heavy atom. The van der Waals surface area contributed by atoms with E-state index < -0.39 is 5.97 Å². The van der Waals surface area contributed by atoms with Crippen molar-refractivity contribution in [1.29, 1.82) is 0 Å². The largest absolute Gasteiger partial charge is 0.481 e. The molecule has 1 heterocycles. The molecule has 1 unspecified atom stereocenters. The van der Waals surface area contributed by atoms with Crippen LogP contribution in [0, 0.1) is 28.6 Å². The van der Waals surface area contributed by atoms with Crippen LogP contribution >= 0.6 is 21.6 Å². The lowest BCUT2D eigenvalue weighted by Gasteiger charge is -2.57. The number of rotatable bonds is 14. The van der Waals surface area contributed by atoms with Crippen molar-refractivity contribution in [2.24, 2.45) is 28.6 Å². The number of allylic oxidation sites excluding steroid dienone is 3. The van der Waals surface area contributed by atoms with Gasteiger partial charge in [0.1, 0.15) is 6.10 Å². The van der Waals surface area contributed by atoms with E-state index in [1.807, 2.05) is 42.7 Å². The average molecular weight is 703 g/mol. The molecule has 4 aliphatic rings. The summed E-state index contributed by atoms with van der Waals surface area (Å²) in [5.41, 5.74) is 5.69. The molecule has 1 aromatic carbocycles. The fraction of sp³-hybridized carbons (Fsp3) is 0.550. The molecular weight excluding hydrogens is 653 g/mol. The molecule has 0 radical (unpaired) electrons. The van der Waals surface area contributed by atoms with Gasteiger partial charge in [0.25, 0.3) is 0 Å². The number of carbonyl (C=O) groups is 3. The summed E-state index contributed by atoms with van der Waals surface area (Å²) in [7, 11) is 3.16. The molecule has 0 spiro atoms. The Hall–Kier alpha value is -3.04. The standard InChI is InChI=1S/C40H50N2O5S2/c1-39-19-14-31(25-30(39)10-11-32-34-13-12-33(29-9-6-21-41-26-29)40(34,2)20-15-35(32)39)47-38(46)18-24-49-48-23-17-36(43)42(22-16-37(44)45)27-28-7-4-3-5-8-28/h3-10,12,21,26,31-32,34-35H,11,13-20,22-25,27H2,1-2H3,(H,44,45)/t31-,32-,34?,35-,39-,40+/m0/s1. The number of fused-ring (bicyclic) bond motifs is 5. The smallest absolute Gasteiger partial charge is 0.306 e. The summed E-state index contributed by atoms with van der Waals surface area (Å²) >= 11 is 0. The molecule has 6 atom stereocenters. The van der Waals surface area contributed by atoms with Crippen molar-refractivity contribution in [3.8, 4) is 0 Å². The summed E-state index contributed by atoms with van der Waals surface area (Å²) in [5, 5.41) is 9.12. The van der Waals surface area contributed by atoms with Gasteiger partial charge in [-0.3, -0.25) is 19.4 Å². The zero-order valence-electron chi connectivity index (χ0n) is 28.9. The van der Waals surface area contributed by atoms with Gasteiger partial charge < -0.3 is 14.7 Å². The van der Waals surface area contributed by atoms with Crippen molar-refractivity contribution in [3.63, 3.8) is 0 Å². The molecule has 1 amide bonds. The third-order valence-electron chi connectivity index (χ3n) is 11.9. The molecule has 1 N–H and O–H groups in total. The number of aliphatic carboxylic acids is 1. The van der Waals surface area contributed by atoms with Crippen molar-refractivity contribution < 1.29 is 24.2 Å². The lowest BCUT2D eigenvalue weighted by atomic mass is 9.47. The first-order chi connectivity index (χ1) is 23.7. The summed E-state index contributed by atoms with van der Waals surface area (Å²) in [6, 6.07) is 13.9. The molecule has 4 aliphatic carbocycles. The van der Waals surface area contributed by atoms with Crippen LogP contribution in [-0.4, -0.2) is 57.0 Å². The Balaban J connectivity index is 0.926. The maximum atomic E-state index is 12.9. The minimum absolute atomic E-state index is 0.0424. The minimum atomic E-state index is -0.913. The zero-order valence-corrected chi connectivity index (χ0v) is 30.5. The number of benzene rings is 1. The van der Waals surface area contributed by atoms with Gasteiger partial charge in [0.2, 0.25) is 5.91 Å². The summed E-state index contributed by atoms with van der Waals surface area (Å²) in [4.78, 5) is 42.9. The molecule has 49 heavy (non-hydrogen) atoms. The maximum Gasteiger partial charge on any atom is 0.306 e. The van der Waals surface area contributed by atoms with Gasteiger partial charge in [0.15, 0.2) is 0 Å². The van der Waals surface area contributed by atoms with Crippen molar-refractivity contribution >= 4 is 45.0 Å². The molecule has 0 bridgehead atoms. The van der Waals surface area contributed by atoms with Gasteiger partial charge in [0.05, 0.1) is 12.8 Å². The van der Waals surface area contributed by atoms with E-state index in [2.05, 4.69) is 43.1 Å². The number of hydrogen-bond acceptors (Lipinski definition) is 7. The second-order valence-corrected chi connectivity index (χ2v) is 17.5. The average Bonchev–Trinajstić information content (AvgIpc) is 3.46. The molecule has 9 heteroatoms. The number of hydrogen-bond donors (Lipinski definition) is 1. The van der Waals surface area contributed by atoms with Crippen LogP contribution in [0.25, 0.3) is 5.57 Å². The molecule has 0 saturated heterocycles. The van der Waals surface area contributed by atoms with Gasteiger partial charge in [-0.15, -0.1) is 0 Å². The highest BCUT2D eigenvalue weighted by Gasteiger charge is 2.57. The Labute approximate surface area is 299 Å². The first-order valence-corrected chi connectivity index (χ1v) is 20.4. The molecule has 2 fully saturated rings. The van der Waals surface area contributed by atoms with Gasteiger partial charge in [-0.25, -0.2) is 0 Å². The molecule has 6 rings (SSSR count). The van der Waals surface area contributed by atoms with E-state index in [9.17, 15) is 14.4 Å². The number of nitrogens with zero attached hydrogens (tertiary/aromatic N) is 2. The number of esters is 1. The fourth-order valence-electron chi connectivity index (χ4n) is 9.37. The maximum absolute atomic E-state index is 12.9. The van der Waals surface area contributed by atoms with Gasteiger partial charge >= 0.3 is 11.9 Å². The molecule has 2 aromatic rings. The highest BCUT2D eigenvalue weighted by molar-refractivity contribution is 8.76. The summed E-state index contributed by atoms with van der Waals surface area (Å²) in [6.45, 7) is 5.59. The van der Waals surface area contributed by atoms with Crippen LogP contribution in [-0.2, 0) is 25.7 Å². The quantitative estimate of drug-likeness (QED) is 0.0905. The van der Waals surface area contributed by atoms with E-state index in [1.165, 1.54) is 29.6 Å². The molecule has 0 aliphatic heterocycles. The number of aromatic nitrogens is 1. The lowest BCUT2D eigenvalue weighted by molar-refractivity contribution is -0.151.